The molecule has 1 unspecified atom stereocenters. The first-order valence-electron chi connectivity index (χ1n) is 11.6. The van der Waals surface area contributed by atoms with Crippen molar-refractivity contribution >= 4 is 11.6 Å². The summed E-state index contributed by atoms with van der Waals surface area (Å²) in [6, 6.07) is 17.4. The first-order chi connectivity index (χ1) is 16.0. The van der Waals surface area contributed by atoms with Crippen LogP contribution in [0.25, 0.3) is 5.69 Å². The van der Waals surface area contributed by atoms with E-state index in [0.29, 0.717) is 29.9 Å². The number of benzene rings is 2. The van der Waals surface area contributed by atoms with Gasteiger partial charge in [0.2, 0.25) is 5.88 Å². The van der Waals surface area contributed by atoms with Crippen molar-refractivity contribution < 1.29 is 9.84 Å². The largest absolute Gasteiger partial charge is 0.439 e. The zero-order valence-corrected chi connectivity index (χ0v) is 19.9. The first-order valence-corrected chi connectivity index (χ1v) is 12.0. The van der Waals surface area contributed by atoms with Gasteiger partial charge in [0, 0.05) is 24.7 Å². The maximum atomic E-state index is 10.6. The van der Waals surface area contributed by atoms with Crippen molar-refractivity contribution in [3.63, 3.8) is 0 Å². The number of aliphatic hydroxyl groups excluding tert-OH is 1. The molecule has 1 fully saturated rings. The Labute approximate surface area is 201 Å². The third kappa shape index (κ3) is 6.47. The van der Waals surface area contributed by atoms with Crippen molar-refractivity contribution in [3.8, 4) is 17.3 Å². The number of nitrogens with zero attached hydrogens (tertiary/aromatic N) is 3. The molecule has 1 heterocycles. The van der Waals surface area contributed by atoms with E-state index in [2.05, 4.69) is 11.5 Å². The molecule has 1 aliphatic rings. The Hall–Kier alpha value is -2.60. The summed E-state index contributed by atoms with van der Waals surface area (Å²) in [5.41, 5.74) is 2.84. The molecule has 174 valence electrons. The molecule has 6 heteroatoms. The van der Waals surface area contributed by atoms with Crippen LogP contribution < -0.4 is 4.74 Å². The van der Waals surface area contributed by atoms with Crippen LogP contribution in [-0.2, 0) is 6.54 Å². The standard InChI is InChI=1S/C27H32ClN3O2/c1-3-4-8-24(32)18-30(17-21-11-12-21)19-26-20(2)29-31(23-15-13-22(28)14-16-23)27(26)33-25-9-6-5-7-10-25/h3,5-7,9-10,13-16,21,24,32H,1,4,8,11-12,17-19H2,2H3. The number of aromatic nitrogens is 2. The minimum Gasteiger partial charge on any atom is -0.439 e. The number of aryl methyl sites for hydroxylation is 1. The zero-order valence-electron chi connectivity index (χ0n) is 19.2. The van der Waals surface area contributed by atoms with Gasteiger partial charge in [0.1, 0.15) is 5.75 Å². The van der Waals surface area contributed by atoms with Crippen molar-refractivity contribution in [2.75, 3.05) is 13.1 Å². The van der Waals surface area contributed by atoms with Crippen LogP contribution in [0.1, 0.15) is 36.9 Å². The lowest BCUT2D eigenvalue weighted by molar-refractivity contribution is 0.0991. The van der Waals surface area contributed by atoms with Gasteiger partial charge < -0.3 is 9.84 Å². The number of aliphatic hydroxyl groups is 1. The fraction of sp³-hybridized carbons (Fsp3) is 0.370. The van der Waals surface area contributed by atoms with Crippen molar-refractivity contribution in [1.29, 1.82) is 0 Å². The first kappa shape index (κ1) is 23.6. The Morgan fingerprint density at radius 2 is 1.94 bits per heavy atom. The van der Waals surface area contributed by atoms with Gasteiger partial charge >= 0.3 is 0 Å². The highest BCUT2D eigenvalue weighted by Gasteiger charge is 2.28. The van der Waals surface area contributed by atoms with E-state index in [0.717, 1.165) is 42.1 Å². The number of para-hydroxylation sites is 1. The second-order valence-electron chi connectivity index (χ2n) is 8.83. The molecule has 0 aliphatic heterocycles. The van der Waals surface area contributed by atoms with E-state index in [-0.39, 0.29) is 6.10 Å². The second-order valence-corrected chi connectivity index (χ2v) is 9.27. The lowest BCUT2D eigenvalue weighted by Gasteiger charge is -2.25. The average Bonchev–Trinajstić information content (AvgIpc) is 3.58. The monoisotopic (exact) mass is 465 g/mol. The van der Waals surface area contributed by atoms with Gasteiger partial charge in [-0.2, -0.15) is 5.10 Å². The fourth-order valence-electron chi connectivity index (χ4n) is 3.98. The SMILES string of the molecule is C=CCCC(O)CN(Cc1c(C)nn(-c2ccc(Cl)cc2)c1Oc1ccccc1)CC1CC1. The second kappa shape index (κ2) is 11.0. The minimum atomic E-state index is -0.383. The average molecular weight is 466 g/mol. The van der Waals surface area contributed by atoms with E-state index in [1.807, 2.05) is 72.3 Å². The van der Waals surface area contributed by atoms with E-state index < -0.39 is 0 Å². The Morgan fingerprint density at radius 3 is 2.61 bits per heavy atom. The van der Waals surface area contributed by atoms with Gasteiger partial charge in [0.15, 0.2) is 0 Å². The van der Waals surface area contributed by atoms with Crippen LogP contribution >= 0.6 is 11.6 Å². The Kier molecular flexibility index (Phi) is 7.86. The Balaban J connectivity index is 1.66. The molecule has 4 rings (SSSR count). The van der Waals surface area contributed by atoms with Crippen LogP contribution in [0.4, 0.5) is 0 Å². The molecular formula is C27H32ClN3O2. The summed E-state index contributed by atoms with van der Waals surface area (Å²) in [6.45, 7) is 8.06. The quantitative estimate of drug-likeness (QED) is 0.325. The molecule has 2 aromatic carbocycles. The maximum absolute atomic E-state index is 10.6. The van der Waals surface area contributed by atoms with Gasteiger partial charge in [-0.3, -0.25) is 4.90 Å². The molecule has 1 aliphatic carbocycles. The summed E-state index contributed by atoms with van der Waals surface area (Å²) in [4.78, 5) is 2.35. The predicted octanol–water partition coefficient (Wildman–Crippen LogP) is 6.17. The number of hydrogen-bond acceptors (Lipinski definition) is 4. The van der Waals surface area contributed by atoms with Crippen molar-refractivity contribution in [1.82, 2.24) is 14.7 Å². The summed E-state index contributed by atoms with van der Waals surface area (Å²) in [6.07, 6.45) is 5.54. The van der Waals surface area contributed by atoms with Crippen molar-refractivity contribution in [3.05, 3.63) is 83.5 Å². The van der Waals surface area contributed by atoms with Gasteiger partial charge in [0.05, 0.1) is 23.0 Å². The Bertz CT molecular complexity index is 1050. The molecule has 0 saturated heterocycles. The normalized spacial score (nSPS) is 14.4. The zero-order chi connectivity index (χ0) is 23.2. The van der Waals surface area contributed by atoms with Crippen LogP contribution in [0.3, 0.4) is 0 Å². The lowest BCUT2D eigenvalue weighted by Crippen LogP contribution is -2.34. The van der Waals surface area contributed by atoms with Crippen LogP contribution in [0, 0.1) is 12.8 Å². The van der Waals surface area contributed by atoms with Crippen LogP contribution in [0.2, 0.25) is 5.02 Å². The van der Waals surface area contributed by atoms with E-state index >= 15 is 0 Å². The summed E-state index contributed by atoms with van der Waals surface area (Å²) in [5.74, 6) is 2.16. The molecule has 1 atom stereocenters. The smallest absolute Gasteiger partial charge is 0.227 e. The van der Waals surface area contributed by atoms with Gasteiger partial charge in [-0.1, -0.05) is 35.9 Å². The minimum absolute atomic E-state index is 0.383. The predicted molar refractivity (Wildman–Crippen MR) is 133 cm³/mol. The molecule has 0 amide bonds. The summed E-state index contributed by atoms with van der Waals surface area (Å²) in [7, 11) is 0. The van der Waals surface area contributed by atoms with Crippen molar-refractivity contribution in [2.24, 2.45) is 5.92 Å². The third-order valence-corrected chi connectivity index (χ3v) is 6.19. The Morgan fingerprint density at radius 1 is 1.21 bits per heavy atom. The van der Waals surface area contributed by atoms with E-state index in [1.54, 1.807) is 0 Å². The van der Waals surface area contributed by atoms with E-state index in [9.17, 15) is 5.11 Å². The number of hydrogen-bond donors (Lipinski definition) is 1. The van der Waals surface area contributed by atoms with Gasteiger partial charge in [-0.25, -0.2) is 4.68 Å². The molecule has 33 heavy (non-hydrogen) atoms. The molecular weight excluding hydrogens is 434 g/mol. The number of allylic oxidation sites excluding steroid dienone is 1. The van der Waals surface area contributed by atoms with Crippen LogP contribution in [0.15, 0.2) is 67.3 Å². The van der Waals surface area contributed by atoms with Gasteiger partial charge in [0.25, 0.3) is 0 Å². The maximum Gasteiger partial charge on any atom is 0.227 e. The molecule has 0 radical (unpaired) electrons. The number of rotatable bonds is 12. The highest BCUT2D eigenvalue weighted by Crippen LogP contribution is 2.34. The van der Waals surface area contributed by atoms with Crippen molar-refractivity contribution in [2.45, 2.75) is 45.3 Å². The highest BCUT2D eigenvalue weighted by atomic mass is 35.5. The topological polar surface area (TPSA) is 50.5 Å². The lowest BCUT2D eigenvalue weighted by atomic mass is 10.1. The van der Waals surface area contributed by atoms with Crippen LogP contribution in [-0.4, -0.2) is 39.0 Å². The molecule has 1 N–H and O–H groups in total. The number of halogens is 1. The van der Waals surface area contributed by atoms with E-state index in [1.165, 1.54) is 12.8 Å². The third-order valence-electron chi connectivity index (χ3n) is 5.93. The molecule has 1 saturated carbocycles. The molecule has 1 aromatic heterocycles. The van der Waals surface area contributed by atoms with Crippen LogP contribution in [0.5, 0.6) is 11.6 Å². The molecule has 0 spiro atoms. The summed E-state index contributed by atoms with van der Waals surface area (Å²) >= 11 is 6.12. The fourth-order valence-corrected chi connectivity index (χ4v) is 4.10. The van der Waals surface area contributed by atoms with Gasteiger partial charge in [-0.05, 0) is 74.9 Å². The molecule has 3 aromatic rings. The summed E-state index contributed by atoms with van der Waals surface area (Å²) in [5, 5.41) is 16.1. The van der Waals surface area contributed by atoms with E-state index in [4.69, 9.17) is 21.4 Å². The molecule has 0 bridgehead atoms. The summed E-state index contributed by atoms with van der Waals surface area (Å²) < 4.78 is 8.25. The molecule has 5 nitrogen and oxygen atoms in total. The number of ether oxygens (including phenoxy) is 1. The highest BCUT2D eigenvalue weighted by molar-refractivity contribution is 6.30. The van der Waals surface area contributed by atoms with Gasteiger partial charge in [-0.15, -0.1) is 6.58 Å².